The Bertz CT molecular complexity index is 2260. The van der Waals surface area contributed by atoms with Crippen molar-refractivity contribution in [3.63, 3.8) is 0 Å². The monoisotopic (exact) mass is 889 g/mol. The number of hydrogen-bond donors (Lipinski definition) is 9. The molecule has 0 spiro atoms. The Morgan fingerprint density at radius 3 is 2.09 bits per heavy atom. The van der Waals surface area contributed by atoms with Gasteiger partial charge in [0.15, 0.2) is 0 Å². The summed E-state index contributed by atoms with van der Waals surface area (Å²) in [4.78, 5) is 29.0. The number of aromatic nitrogens is 6. The molecule has 4 rings (SSSR count). The molecular formula is C29H35N11O14S4. The summed E-state index contributed by atoms with van der Waals surface area (Å²) < 4.78 is 80.7. The number of hydrogen-bond acceptors (Lipinski definition) is 25. The second kappa shape index (κ2) is 23.0. The average molecular weight is 890 g/mol. The number of aryl methyl sites for hydroxylation is 1. The van der Waals surface area contributed by atoms with E-state index in [-0.39, 0.29) is 85.5 Å². The van der Waals surface area contributed by atoms with Crippen molar-refractivity contribution < 1.29 is 65.0 Å². The molecule has 0 aliphatic rings. The van der Waals surface area contributed by atoms with Crippen molar-refractivity contribution in [3.05, 3.63) is 53.3 Å². The second-order valence-electron chi connectivity index (χ2n) is 10.8. The third kappa shape index (κ3) is 16.3. The molecule has 0 radical (unpaired) electrons. The number of aliphatic hydroxyl groups is 1. The van der Waals surface area contributed by atoms with Gasteiger partial charge in [-0.05, 0) is 42.3 Å². The molecule has 4 aromatic rings. The summed E-state index contributed by atoms with van der Waals surface area (Å²) in [6.45, 7) is 1.77. The normalized spacial score (nSPS) is 12.0. The maximum Gasteiger partial charge on any atom is 0.295 e. The Morgan fingerprint density at radius 1 is 0.776 bits per heavy atom. The molecule has 0 aliphatic carbocycles. The topological polar surface area (TPSA) is 353 Å². The number of nitrogens with one attached hydrogen (secondary N) is 4. The first kappa shape index (κ1) is 46.0. The molecule has 29 heteroatoms. The Morgan fingerprint density at radius 2 is 1.41 bits per heavy atom. The van der Waals surface area contributed by atoms with Crippen LogP contribution in [0.15, 0.2) is 51.2 Å². The first-order valence-electron chi connectivity index (χ1n) is 16.1. The van der Waals surface area contributed by atoms with Gasteiger partial charge in [-0.2, -0.15) is 46.7 Å². The Balaban J connectivity index is 1.57. The molecule has 0 unspecified atom stereocenters. The molecule has 0 amide bonds. The van der Waals surface area contributed by atoms with E-state index in [0.29, 0.717) is 28.2 Å². The predicted octanol–water partition coefficient (Wildman–Crippen LogP) is 3.19. The number of nitrogens with zero attached hydrogens (tertiary/aromatic N) is 7. The number of benzene rings is 2. The van der Waals surface area contributed by atoms with E-state index in [1.54, 1.807) is 19.1 Å². The fraction of sp³-hybridized carbons (Fsp3) is 0.276. The van der Waals surface area contributed by atoms with E-state index in [4.69, 9.17) is 24.9 Å². The van der Waals surface area contributed by atoms with E-state index >= 15 is 0 Å². The van der Waals surface area contributed by atoms with Crippen LogP contribution in [0.4, 0.5) is 41.1 Å². The molecule has 2 aromatic carbocycles. The van der Waals surface area contributed by atoms with E-state index in [1.165, 1.54) is 36.6 Å². The fourth-order valence-corrected chi connectivity index (χ4v) is 6.16. The smallest absolute Gasteiger partial charge is 0.295 e. The lowest BCUT2D eigenvalue weighted by Gasteiger charge is -2.13. The molecular weight excluding hydrogens is 855 g/mol. The Kier molecular flexibility index (Phi) is 18.2. The van der Waals surface area contributed by atoms with Crippen LogP contribution < -0.4 is 21.3 Å². The van der Waals surface area contributed by atoms with Gasteiger partial charge in [0.25, 0.3) is 26.2 Å². The van der Waals surface area contributed by atoms with Crippen LogP contribution in [0.5, 0.6) is 0 Å². The highest BCUT2D eigenvalue weighted by Crippen LogP contribution is 2.31. The number of anilines is 6. The summed E-state index contributed by atoms with van der Waals surface area (Å²) in [5, 5.41) is 44.7. The van der Waals surface area contributed by atoms with Crippen molar-refractivity contribution in [1.29, 1.82) is 0 Å². The van der Waals surface area contributed by atoms with Crippen molar-refractivity contribution in [2.24, 2.45) is 4.99 Å². The van der Waals surface area contributed by atoms with Gasteiger partial charge in [-0.15, -0.1) is 8.67 Å². The first-order valence-corrected chi connectivity index (χ1v) is 20.8. The van der Waals surface area contributed by atoms with Crippen molar-refractivity contribution in [1.82, 2.24) is 29.9 Å². The summed E-state index contributed by atoms with van der Waals surface area (Å²) in [6.07, 6.45) is 4.29. The largest absolute Gasteiger partial charge is 0.394 e. The van der Waals surface area contributed by atoms with Crippen molar-refractivity contribution in [2.45, 2.75) is 16.7 Å². The fourth-order valence-electron chi connectivity index (χ4n) is 4.35. The van der Waals surface area contributed by atoms with Crippen LogP contribution in [0.3, 0.4) is 0 Å². The highest BCUT2D eigenvalue weighted by atomic mass is 32.2. The summed E-state index contributed by atoms with van der Waals surface area (Å²) >= 11 is 1.33. The minimum Gasteiger partial charge on any atom is -0.394 e. The lowest BCUT2D eigenvalue weighted by molar-refractivity contribution is -0.432. The second-order valence-corrected chi connectivity index (χ2v) is 15.2. The lowest BCUT2D eigenvalue weighted by Crippen LogP contribution is -2.18. The van der Waals surface area contributed by atoms with Gasteiger partial charge in [0, 0.05) is 47.6 Å². The summed E-state index contributed by atoms with van der Waals surface area (Å²) in [7, 11) is -9.05. The van der Waals surface area contributed by atoms with Crippen LogP contribution >= 0.6 is 24.1 Å². The summed E-state index contributed by atoms with van der Waals surface area (Å²) in [5.74, 6) is -0.104. The third-order valence-corrected chi connectivity index (χ3v) is 9.35. The molecule has 0 aliphatic heterocycles. The lowest BCUT2D eigenvalue weighted by atomic mass is 10.1. The van der Waals surface area contributed by atoms with Gasteiger partial charge < -0.3 is 31.1 Å². The molecule has 0 saturated carbocycles. The molecule has 0 atom stereocenters. The zero-order valence-electron chi connectivity index (χ0n) is 29.8. The van der Waals surface area contributed by atoms with Gasteiger partial charge in [0.2, 0.25) is 23.8 Å². The Labute approximate surface area is 338 Å². The molecule has 9 N–H and O–H groups in total. The van der Waals surface area contributed by atoms with Crippen LogP contribution in [0.2, 0.25) is 0 Å². The molecule has 0 fully saturated rings. The van der Waals surface area contributed by atoms with E-state index in [0.717, 1.165) is 18.1 Å². The van der Waals surface area contributed by atoms with E-state index in [1.807, 2.05) is 0 Å². The molecule has 0 bridgehead atoms. The van der Waals surface area contributed by atoms with Gasteiger partial charge >= 0.3 is 0 Å². The quantitative estimate of drug-likeness (QED) is 0.00877. The molecule has 58 heavy (non-hydrogen) atoms. The SMILES string of the molecule is Cc1nc(/N=C/CSOOO)nc(Nc2ccc(/C=C/c3ccc(Nc4nc(NCCOCCO)nc(NCCS(=O)(=O)O)n4)cc3SOOO)c(S(=O)(=O)O)c2)n1. The highest BCUT2D eigenvalue weighted by Gasteiger charge is 2.17. The maximum absolute atomic E-state index is 12.5. The molecule has 2 heterocycles. The van der Waals surface area contributed by atoms with Crippen LogP contribution in [0.1, 0.15) is 17.0 Å². The Hall–Kier alpha value is -4.73. The standard InChI is InChI=1S/C29H35N11O14S4/c1-18-33-25(31-9-14-55-53-51-42)38-28(34-18)36-22-7-5-20(24(17-22)58(47,48)49)3-2-19-4-6-21(16-23(19)56-54-52-43)35-29-39-26(30-8-12-50-13-11-41)37-27(40-29)32-10-15-57(44,45)46/h2-7,9,16-17,41-43H,8,10-15H2,1H3,(H,44,45,46)(H,47,48,49)(H,33,34,36,38)(H3,30,32,35,37,39,40)/b3-2+,31-9+. The molecule has 314 valence electrons. The van der Waals surface area contributed by atoms with Crippen LogP contribution in [-0.2, 0) is 43.7 Å². The number of rotatable bonds is 25. The first-order chi connectivity index (χ1) is 27.8. The number of ether oxygens (including phenoxy) is 1. The zero-order chi connectivity index (χ0) is 42.0. The number of aliphatic imine (C=N–C) groups is 1. The minimum atomic E-state index is -4.78. The molecule has 0 saturated heterocycles. The predicted molar refractivity (Wildman–Crippen MR) is 210 cm³/mol. The minimum absolute atomic E-state index is 0.0107. The van der Waals surface area contributed by atoms with E-state index in [2.05, 4.69) is 74.9 Å². The summed E-state index contributed by atoms with van der Waals surface area (Å²) in [5.41, 5.74) is 1.06. The van der Waals surface area contributed by atoms with Gasteiger partial charge in [0.05, 0.1) is 43.4 Å². The zero-order valence-corrected chi connectivity index (χ0v) is 33.1. The highest BCUT2D eigenvalue weighted by molar-refractivity contribution is 7.95. The third-order valence-electron chi connectivity index (χ3n) is 6.62. The van der Waals surface area contributed by atoms with Crippen LogP contribution in [-0.4, -0.2) is 122 Å². The van der Waals surface area contributed by atoms with Crippen molar-refractivity contribution in [3.8, 4) is 0 Å². The van der Waals surface area contributed by atoms with Crippen LogP contribution in [0.25, 0.3) is 12.2 Å². The summed E-state index contributed by atoms with van der Waals surface area (Å²) in [6, 6.07) is 8.81. The van der Waals surface area contributed by atoms with Gasteiger partial charge in [-0.25, -0.2) is 15.5 Å². The van der Waals surface area contributed by atoms with E-state index in [9.17, 15) is 21.4 Å². The van der Waals surface area contributed by atoms with Crippen molar-refractivity contribution >= 4 is 104 Å². The molecule has 25 nitrogen and oxygen atoms in total. The molecule has 2 aromatic heterocycles. The van der Waals surface area contributed by atoms with Gasteiger partial charge in [-0.1, -0.05) is 34.4 Å². The van der Waals surface area contributed by atoms with Gasteiger partial charge in [-0.3, -0.25) is 9.11 Å². The maximum atomic E-state index is 12.5. The number of aliphatic hydroxyl groups excluding tert-OH is 1. The van der Waals surface area contributed by atoms with Gasteiger partial charge in [0.1, 0.15) is 10.7 Å². The average Bonchev–Trinajstić information content (AvgIpc) is 3.15. The van der Waals surface area contributed by atoms with Crippen molar-refractivity contribution in [2.75, 3.05) is 65.7 Å². The van der Waals surface area contributed by atoms with Crippen LogP contribution in [0, 0.1) is 6.92 Å². The van der Waals surface area contributed by atoms with E-state index < -0.39 is 30.9 Å².